The van der Waals surface area contributed by atoms with Crippen molar-refractivity contribution in [1.82, 2.24) is 0 Å². The molecule has 0 saturated carbocycles. The van der Waals surface area contributed by atoms with Gasteiger partial charge in [0, 0.05) is 16.1 Å². The number of nitrogens with two attached hydrogens (primary N) is 1. The third-order valence-corrected chi connectivity index (χ3v) is 4.56. The van der Waals surface area contributed by atoms with Gasteiger partial charge in [-0.25, -0.2) is 0 Å². The fraction of sp³-hybridized carbons (Fsp3) is 0.667. The fourth-order valence-electron chi connectivity index (χ4n) is 2.63. The molecule has 1 aromatic carbocycles. The van der Waals surface area contributed by atoms with Crippen molar-refractivity contribution < 1.29 is 0 Å². The lowest BCUT2D eigenvalue weighted by Crippen LogP contribution is -2.10. The summed E-state index contributed by atoms with van der Waals surface area (Å²) in [6.07, 6.45) is 13.0. The highest BCUT2D eigenvalue weighted by atomic mass is 35.5. The number of hydrogen-bond acceptors (Lipinski definition) is 1. The first kappa shape index (κ1) is 18.8. The lowest BCUT2D eigenvalue weighted by atomic mass is 10.00. The summed E-state index contributed by atoms with van der Waals surface area (Å²) in [5.41, 5.74) is 7.19. The number of unbranched alkanes of at least 4 members (excludes halogenated alkanes) is 8. The SMILES string of the molecule is CCCCCCCCCCCC(N)c1cc(Cl)ccc1Cl. The Morgan fingerprint density at radius 3 is 2.10 bits per heavy atom. The molecule has 1 nitrogen and oxygen atoms in total. The lowest BCUT2D eigenvalue weighted by molar-refractivity contribution is 0.532. The molecule has 0 aliphatic carbocycles. The Labute approximate surface area is 140 Å². The zero-order valence-electron chi connectivity index (χ0n) is 13.2. The third kappa shape index (κ3) is 8.09. The summed E-state index contributed by atoms with van der Waals surface area (Å²) >= 11 is 12.2. The summed E-state index contributed by atoms with van der Waals surface area (Å²) in [6, 6.07) is 5.52. The Bertz CT molecular complexity index is 393. The topological polar surface area (TPSA) is 26.0 Å². The monoisotopic (exact) mass is 329 g/mol. The first-order valence-corrected chi connectivity index (χ1v) is 9.11. The normalized spacial score (nSPS) is 12.6. The first-order valence-electron chi connectivity index (χ1n) is 8.35. The molecule has 2 N–H and O–H groups in total. The molecule has 120 valence electrons. The predicted molar refractivity (Wildman–Crippen MR) is 95.2 cm³/mol. The van der Waals surface area contributed by atoms with Gasteiger partial charge in [0.05, 0.1) is 0 Å². The van der Waals surface area contributed by atoms with E-state index in [-0.39, 0.29) is 6.04 Å². The van der Waals surface area contributed by atoms with Gasteiger partial charge < -0.3 is 5.73 Å². The van der Waals surface area contributed by atoms with Crippen LogP contribution in [0.2, 0.25) is 10.0 Å². The first-order chi connectivity index (χ1) is 10.1. The molecule has 1 unspecified atom stereocenters. The van der Waals surface area contributed by atoms with E-state index in [9.17, 15) is 0 Å². The summed E-state index contributed by atoms with van der Waals surface area (Å²) in [4.78, 5) is 0. The van der Waals surface area contributed by atoms with Gasteiger partial charge in [0.25, 0.3) is 0 Å². The van der Waals surface area contributed by atoms with E-state index in [4.69, 9.17) is 28.9 Å². The molecule has 3 heteroatoms. The molecular weight excluding hydrogens is 301 g/mol. The van der Waals surface area contributed by atoms with Crippen molar-refractivity contribution in [3.05, 3.63) is 33.8 Å². The second-order valence-corrected chi connectivity index (χ2v) is 6.73. The van der Waals surface area contributed by atoms with E-state index in [0.29, 0.717) is 5.02 Å². The standard InChI is InChI=1S/C18H29Cl2N/c1-2-3-4-5-6-7-8-9-10-11-18(21)16-14-15(19)12-13-17(16)20/h12-14,18H,2-11,21H2,1H3. The smallest absolute Gasteiger partial charge is 0.0454 e. The van der Waals surface area contributed by atoms with Crippen LogP contribution >= 0.6 is 23.2 Å². The van der Waals surface area contributed by atoms with Gasteiger partial charge in [-0.1, -0.05) is 87.9 Å². The van der Waals surface area contributed by atoms with Crippen molar-refractivity contribution in [3.8, 4) is 0 Å². The lowest BCUT2D eigenvalue weighted by Gasteiger charge is -2.14. The van der Waals surface area contributed by atoms with E-state index < -0.39 is 0 Å². The van der Waals surface area contributed by atoms with Gasteiger partial charge in [0.15, 0.2) is 0 Å². The quantitative estimate of drug-likeness (QED) is 0.438. The van der Waals surface area contributed by atoms with Crippen molar-refractivity contribution >= 4 is 23.2 Å². The molecular formula is C18H29Cl2N. The largest absolute Gasteiger partial charge is 0.324 e. The second kappa shape index (κ2) is 11.3. The summed E-state index contributed by atoms with van der Waals surface area (Å²) in [6.45, 7) is 2.26. The van der Waals surface area contributed by atoms with Crippen LogP contribution in [0.3, 0.4) is 0 Å². The maximum atomic E-state index is 6.22. The predicted octanol–water partition coefficient (Wildman–Crippen LogP) is 6.91. The number of hydrogen-bond donors (Lipinski definition) is 1. The minimum atomic E-state index is 0.000698. The van der Waals surface area contributed by atoms with Crippen LogP contribution in [0.1, 0.15) is 82.7 Å². The number of halogens is 2. The highest BCUT2D eigenvalue weighted by Gasteiger charge is 2.10. The van der Waals surface area contributed by atoms with Crippen LogP contribution in [0.15, 0.2) is 18.2 Å². The maximum Gasteiger partial charge on any atom is 0.0454 e. The molecule has 21 heavy (non-hydrogen) atoms. The van der Waals surface area contributed by atoms with Crippen molar-refractivity contribution in [2.45, 2.75) is 77.2 Å². The molecule has 1 aromatic rings. The maximum absolute atomic E-state index is 6.22. The van der Waals surface area contributed by atoms with Crippen LogP contribution in [0.4, 0.5) is 0 Å². The van der Waals surface area contributed by atoms with Crippen molar-refractivity contribution in [1.29, 1.82) is 0 Å². The molecule has 0 aliphatic rings. The summed E-state index contributed by atoms with van der Waals surface area (Å²) < 4.78 is 0. The molecule has 0 aromatic heterocycles. The van der Waals surface area contributed by atoms with Gasteiger partial charge in [-0.2, -0.15) is 0 Å². The van der Waals surface area contributed by atoms with E-state index in [2.05, 4.69) is 6.92 Å². The Morgan fingerprint density at radius 1 is 0.905 bits per heavy atom. The Kier molecular flexibility index (Phi) is 10.2. The third-order valence-electron chi connectivity index (χ3n) is 3.98. The second-order valence-electron chi connectivity index (χ2n) is 5.89. The van der Waals surface area contributed by atoms with Crippen molar-refractivity contribution in [2.24, 2.45) is 5.73 Å². The molecule has 0 fully saturated rings. The van der Waals surface area contributed by atoms with Gasteiger partial charge in [-0.05, 0) is 30.2 Å². The van der Waals surface area contributed by atoms with E-state index in [1.165, 1.54) is 57.8 Å². The van der Waals surface area contributed by atoms with Gasteiger partial charge in [0.2, 0.25) is 0 Å². The van der Waals surface area contributed by atoms with Crippen LogP contribution in [-0.4, -0.2) is 0 Å². The molecule has 1 rings (SSSR count). The van der Waals surface area contributed by atoms with Crippen LogP contribution in [0, 0.1) is 0 Å². The van der Waals surface area contributed by atoms with E-state index >= 15 is 0 Å². The van der Waals surface area contributed by atoms with Crippen molar-refractivity contribution in [2.75, 3.05) is 0 Å². The zero-order chi connectivity index (χ0) is 15.5. The molecule has 0 amide bonds. The Morgan fingerprint density at radius 2 is 1.48 bits per heavy atom. The minimum absolute atomic E-state index is 0.000698. The highest BCUT2D eigenvalue weighted by Crippen LogP contribution is 2.28. The van der Waals surface area contributed by atoms with Crippen LogP contribution in [0.5, 0.6) is 0 Å². The van der Waals surface area contributed by atoms with Gasteiger partial charge in [-0.3, -0.25) is 0 Å². The van der Waals surface area contributed by atoms with Gasteiger partial charge in [-0.15, -0.1) is 0 Å². The van der Waals surface area contributed by atoms with E-state index in [1.807, 2.05) is 12.1 Å². The Hall–Kier alpha value is -0.240. The fourth-order valence-corrected chi connectivity index (χ4v) is 3.07. The molecule has 0 heterocycles. The van der Waals surface area contributed by atoms with Gasteiger partial charge in [0.1, 0.15) is 0 Å². The average molecular weight is 330 g/mol. The molecule has 0 aliphatic heterocycles. The number of rotatable bonds is 11. The molecule has 0 spiro atoms. The highest BCUT2D eigenvalue weighted by molar-refractivity contribution is 6.33. The van der Waals surface area contributed by atoms with Gasteiger partial charge >= 0.3 is 0 Å². The van der Waals surface area contributed by atoms with Crippen LogP contribution < -0.4 is 5.73 Å². The van der Waals surface area contributed by atoms with E-state index in [1.54, 1.807) is 6.07 Å². The Balaban J connectivity index is 2.11. The van der Waals surface area contributed by atoms with E-state index in [0.717, 1.165) is 17.0 Å². The van der Waals surface area contributed by atoms with Crippen LogP contribution in [0.25, 0.3) is 0 Å². The van der Waals surface area contributed by atoms with Crippen molar-refractivity contribution in [3.63, 3.8) is 0 Å². The summed E-state index contributed by atoms with van der Waals surface area (Å²) in [5.74, 6) is 0. The minimum Gasteiger partial charge on any atom is -0.324 e. The molecule has 1 atom stereocenters. The molecule has 0 radical (unpaired) electrons. The summed E-state index contributed by atoms with van der Waals surface area (Å²) in [7, 11) is 0. The van der Waals surface area contributed by atoms with Crippen LogP contribution in [-0.2, 0) is 0 Å². The average Bonchev–Trinajstić information content (AvgIpc) is 2.48. The summed E-state index contributed by atoms with van der Waals surface area (Å²) in [5, 5.41) is 1.43. The molecule has 0 saturated heterocycles. The number of benzene rings is 1. The molecule has 0 bridgehead atoms. The zero-order valence-corrected chi connectivity index (χ0v) is 14.7.